The summed E-state index contributed by atoms with van der Waals surface area (Å²) in [5.41, 5.74) is 2.52. The minimum Gasteiger partial charge on any atom is -0.497 e. The summed E-state index contributed by atoms with van der Waals surface area (Å²) in [6.07, 6.45) is 0. The van der Waals surface area contributed by atoms with Crippen LogP contribution >= 0.6 is 0 Å². The quantitative estimate of drug-likeness (QED) is 0.542. The van der Waals surface area contributed by atoms with Crippen LogP contribution in [0.1, 0.15) is 28.6 Å². The molecule has 0 saturated carbocycles. The van der Waals surface area contributed by atoms with Crippen molar-refractivity contribution < 1.29 is 23.4 Å². The molecule has 1 heterocycles. The van der Waals surface area contributed by atoms with Crippen molar-refractivity contribution in [2.75, 3.05) is 27.9 Å². The van der Waals surface area contributed by atoms with Gasteiger partial charge in [0.1, 0.15) is 17.1 Å². The number of hydrogen-bond acceptors (Lipinski definition) is 6. The normalized spacial score (nSPS) is 11.0. The minimum absolute atomic E-state index is 0.261. The molecule has 0 radical (unpaired) electrons. The molecule has 28 heavy (non-hydrogen) atoms. The number of hydrogen-bond donors (Lipinski definition) is 0. The first-order valence-electron chi connectivity index (χ1n) is 9.14. The number of esters is 1. The topological polar surface area (TPSA) is 61.1 Å². The molecule has 0 aliphatic carbocycles. The van der Waals surface area contributed by atoms with Crippen LogP contribution in [-0.4, -0.2) is 38.7 Å². The molecule has 0 bridgehead atoms. The number of para-hydroxylation sites is 1. The Morgan fingerprint density at radius 1 is 1.07 bits per heavy atom. The molecule has 0 aliphatic heterocycles. The van der Waals surface area contributed by atoms with Gasteiger partial charge in [0.05, 0.1) is 20.8 Å². The van der Waals surface area contributed by atoms with Gasteiger partial charge < -0.3 is 18.6 Å². The lowest BCUT2D eigenvalue weighted by molar-refractivity contribution is 0.0489. The van der Waals surface area contributed by atoms with Crippen molar-refractivity contribution in [1.82, 2.24) is 4.90 Å². The first-order valence-corrected chi connectivity index (χ1v) is 9.14. The summed E-state index contributed by atoms with van der Waals surface area (Å²) in [7, 11) is 5.25. The van der Waals surface area contributed by atoms with Crippen LogP contribution in [0.15, 0.2) is 46.9 Å². The van der Waals surface area contributed by atoms with E-state index in [-0.39, 0.29) is 5.76 Å². The fourth-order valence-electron chi connectivity index (χ4n) is 3.22. The van der Waals surface area contributed by atoms with Gasteiger partial charge >= 0.3 is 5.97 Å². The molecule has 2 aromatic carbocycles. The number of benzene rings is 2. The zero-order valence-corrected chi connectivity index (χ0v) is 16.7. The number of carbonyl (C=O) groups is 1. The highest BCUT2D eigenvalue weighted by Gasteiger charge is 2.22. The second-order valence-corrected chi connectivity index (χ2v) is 6.48. The molecule has 6 nitrogen and oxygen atoms in total. The van der Waals surface area contributed by atoms with Gasteiger partial charge in [0.2, 0.25) is 5.76 Å². The third-order valence-corrected chi connectivity index (χ3v) is 4.52. The maximum Gasteiger partial charge on any atom is 0.374 e. The van der Waals surface area contributed by atoms with E-state index in [9.17, 15) is 4.79 Å². The Morgan fingerprint density at radius 2 is 1.86 bits per heavy atom. The maximum absolute atomic E-state index is 12.4. The van der Waals surface area contributed by atoms with E-state index in [1.807, 2.05) is 49.5 Å². The third-order valence-electron chi connectivity index (χ3n) is 4.52. The van der Waals surface area contributed by atoms with E-state index >= 15 is 0 Å². The van der Waals surface area contributed by atoms with Crippen molar-refractivity contribution in [1.29, 1.82) is 0 Å². The first-order chi connectivity index (χ1) is 13.6. The average Bonchev–Trinajstić information content (AvgIpc) is 3.07. The monoisotopic (exact) mass is 383 g/mol. The van der Waals surface area contributed by atoms with E-state index in [4.69, 9.17) is 18.6 Å². The van der Waals surface area contributed by atoms with E-state index in [0.717, 1.165) is 28.0 Å². The minimum atomic E-state index is -0.441. The van der Waals surface area contributed by atoms with Gasteiger partial charge in [0.25, 0.3) is 0 Å². The third kappa shape index (κ3) is 4.12. The molecule has 0 N–H and O–H groups in total. The number of rotatable bonds is 8. The number of furan rings is 1. The Bertz CT molecular complexity index is 963. The van der Waals surface area contributed by atoms with Gasteiger partial charge in [0, 0.05) is 35.7 Å². The predicted molar refractivity (Wildman–Crippen MR) is 107 cm³/mol. The van der Waals surface area contributed by atoms with Crippen LogP contribution in [-0.2, 0) is 17.8 Å². The lowest BCUT2D eigenvalue weighted by Crippen LogP contribution is -2.19. The van der Waals surface area contributed by atoms with Crippen molar-refractivity contribution in [3.05, 3.63) is 59.4 Å². The van der Waals surface area contributed by atoms with Crippen molar-refractivity contribution in [3.63, 3.8) is 0 Å². The summed E-state index contributed by atoms with van der Waals surface area (Å²) in [6, 6.07) is 13.4. The van der Waals surface area contributed by atoms with Crippen molar-refractivity contribution in [2.45, 2.75) is 20.0 Å². The number of methoxy groups -OCH3 is 2. The molecular weight excluding hydrogens is 358 g/mol. The molecule has 0 atom stereocenters. The Morgan fingerprint density at radius 3 is 2.57 bits per heavy atom. The average molecular weight is 383 g/mol. The molecule has 0 amide bonds. The molecule has 3 aromatic rings. The van der Waals surface area contributed by atoms with Crippen LogP contribution in [0.2, 0.25) is 0 Å². The smallest absolute Gasteiger partial charge is 0.374 e. The Balaban J connectivity index is 1.88. The lowest BCUT2D eigenvalue weighted by Gasteiger charge is -2.19. The van der Waals surface area contributed by atoms with Gasteiger partial charge in [-0.25, -0.2) is 4.79 Å². The van der Waals surface area contributed by atoms with Gasteiger partial charge in [0.15, 0.2) is 0 Å². The first kappa shape index (κ1) is 19.8. The fraction of sp³-hybridized carbons (Fsp3) is 0.318. The van der Waals surface area contributed by atoms with Crippen LogP contribution in [0.5, 0.6) is 11.5 Å². The number of ether oxygens (including phenoxy) is 3. The molecule has 0 fully saturated rings. The molecule has 0 saturated heterocycles. The summed E-state index contributed by atoms with van der Waals surface area (Å²) < 4.78 is 21.7. The Hall–Kier alpha value is -2.99. The highest BCUT2D eigenvalue weighted by molar-refractivity contribution is 5.96. The molecule has 3 rings (SSSR count). The van der Waals surface area contributed by atoms with Crippen molar-refractivity contribution in [3.8, 4) is 11.5 Å². The molecular formula is C22H25NO5. The summed E-state index contributed by atoms with van der Waals surface area (Å²) in [5.74, 6) is 1.32. The van der Waals surface area contributed by atoms with Crippen LogP contribution in [0.25, 0.3) is 11.0 Å². The standard InChI is InChI=1S/C22H25NO5/c1-5-27-22(24)21-18(17-8-6-7-9-19(17)28-21)14-23(2)13-15-10-11-16(25-3)12-20(15)26-4/h6-12H,5,13-14H2,1-4H3. The van der Waals surface area contributed by atoms with Gasteiger partial charge in [-0.2, -0.15) is 0 Å². The van der Waals surface area contributed by atoms with Crippen molar-refractivity contribution >= 4 is 16.9 Å². The van der Waals surface area contributed by atoms with E-state index in [1.54, 1.807) is 21.1 Å². The van der Waals surface area contributed by atoms with Crippen LogP contribution in [0, 0.1) is 0 Å². The number of fused-ring (bicyclic) bond motifs is 1. The molecule has 0 unspecified atom stereocenters. The largest absolute Gasteiger partial charge is 0.497 e. The summed E-state index contributed by atoms with van der Waals surface area (Å²) in [4.78, 5) is 14.5. The second-order valence-electron chi connectivity index (χ2n) is 6.48. The molecule has 148 valence electrons. The van der Waals surface area contributed by atoms with E-state index in [0.29, 0.717) is 25.3 Å². The van der Waals surface area contributed by atoms with Gasteiger partial charge in [-0.3, -0.25) is 4.90 Å². The predicted octanol–water partition coefficient (Wildman–Crippen LogP) is 4.26. The summed E-state index contributed by atoms with van der Waals surface area (Å²) in [5, 5.41) is 0.916. The SMILES string of the molecule is CCOC(=O)c1oc2ccccc2c1CN(C)Cc1ccc(OC)cc1OC. The Labute approximate surface area is 164 Å². The fourth-order valence-corrected chi connectivity index (χ4v) is 3.22. The number of nitrogens with zero attached hydrogens (tertiary/aromatic N) is 1. The zero-order chi connectivity index (χ0) is 20.1. The van der Waals surface area contributed by atoms with E-state index in [2.05, 4.69) is 4.90 Å². The lowest BCUT2D eigenvalue weighted by atomic mass is 10.1. The molecule has 1 aromatic heterocycles. The van der Waals surface area contributed by atoms with E-state index in [1.165, 1.54) is 0 Å². The summed E-state index contributed by atoms with van der Waals surface area (Å²) in [6.45, 7) is 3.24. The maximum atomic E-state index is 12.4. The second kappa shape index (κ2) is 8.80. The molecule has 6 heteroatoms. The Kier molecular flexibility index (Phi) is 6.21. The summed E-state index contributed by atoms with van der Waals surface area (Å²) >= 11 is 0. The van der Waals surface area contributed by atoms with Crippen molar-refractivity contribution in [2.24, 2.45) is 0 Å². The zero-order valence-electron chi connectivity index (χ0n) is 16.7. The van der Waals surface area contributed by atoms with Crippen LogP contribution in [0.4, 0.5) is 0 Å². The van der Waals surface area contributed by atoms with Gasteiger partial charge in [-0.15, -0.1) is 0 Å². The molecule has 0 spiro atoms. The molecule has 0 aliphatic rings. The van der Waals surface area contributed by atoms with Crippen LogP contribution in [0.3, 0.4) is 0 Å². The number of carbonyl (C=O) groups excluding carboxylic acids is 1. The van der Waals surface area contributed by atoms with Crippen LogP contribution < -0.4 is 9.47 Å². The van der Waals surface area contributed by atoms with Gasteiger partial charge in [-0.05, 0) is 26.1 Å². The van der Waals surface area contributed by atoms with E-state index < -0.39 is 5.97 Å². The highest BCUT2D eigenvalue weighted by Crippen LogP contribution is 2.29. The highest BCUT2D eigenvalue weighted by atomic mass is 16.5. The van der Waals surface area contributed by atoms with Gasteiger partial charge in [-0.1, -0.05) is 24.3 Å².